The summed E-state index contributed by atoms with van der Waals surface area (Å²) in [6.07, 6.45) is -0.697. The number of amides is 1. The van der Waals surface area contributed by atoms with E-state index in [2.05, 4.69) is 0 Å². The molecule has 1 aliphatic rings. The van der Waals surface area contributed by atoms with Gasteiger partial charge in [-0.2, -0.15) is 0 Å². The lowest BCUT2D eigenvalue weighted by Gasteiger charge is -2.47. The fourth-order valence-corrected chi connectivity index (χ4v) is 6.25. The monoisotopic (exact) mass is 607 g/mol. The third kappa shape index (κ3) is 6.49. The Morgan fingerprint density at radius 1 is 1.02 bits per heavy atom. The van der Waals surface area contributed by atoms with E-state index in [1.807, 2.05) is 6.92 Å². The maximum Gasteiger partial charge on any atom is 0.326 e. The van der Waals surface area contributed by atoms with Gasteiger partial charge in [0.25, 0.3) is 5.91 Å². The average Bonchev–Trinajstić information content (AvgIpc) is 2.90. The first-order chi connectivity index (χ1) is 18.9. The molecule has 1 saturated heterocycles. The SMILES string of the molecule is CCCC(C(=O)O)N1C(=O)[C@H](Cc2ccc(F)cc2S(C)(=O)=O)O[C@@H](c2ccc(Cl)cc2)[C@H]1c1ccc(Cl)cc1. The number of sulfone groups is 1. The smallest absolute Gasteiger partial charge is 0.326 e. The Hall–Kier alpha value is -2.98. The predicted molar refractivity (Wildman–Crippen MR) is 150 cm³/mol. The lowest BCUT2D eigenvalue weighted by molar-refractivity contribution is -0.184. The average molecular weight is 609 g/mol. The molecule has 1 fully saturated rings. The van der Waals surface area contributed by atoms with Crippen molar-refractivity contribution in [3.8, 4) is 0 Å². The number of benzene rings is 3. The summed E-state index contributed by atoms with van der Waals surface area (Å²) in [6.45, 7) is 1.82. The summed E-state index contributed by atoms with van der Waals surface area (Å²) in [5, 5.41) is 11.2. The number of ether oxygens (including phenoxy) is 1. The zero-order valence-corrected chi connectivity index (χ0v) is 24.1. The van der Waals surface area contributed by atoms with Gasteiger partial charge in [-0.15, -0.1) is 0 Å². The summed E-state index contributed by atoms with van der Waals surface area (Å²) in [5.41, 5.74) is 1.43. The van der Waals surface area contributed by atoms with Crippen LogP contribution in [0.25, 0.3) is 0 Å². The van der Waals surface area contributed by atoms with E-state index in [9.17, 15) is 27.5 Å². The largest absolute Gasteiger partial charge is 0.480 e. The first kappa shape index (κ1) is 30.0. The molecule has 1 unspecified atom stereocenters. The molecule has 0 aliphatic carbocycles. The normalized spacial score (nSPS) is 20.4. The second kappa shape index (κ2) is 12.3. The Morgan fingerprint density at radius 2 is 1.60 bits per heavy atom. The van der Waals surface area contributed by atoms with Gasteiger partial charge in [-0.1, -0.05) is 66.9 Å². The zero-order chi connectivity index (χ0) is 29.2. The minimum Gasteiger partial charge on any atom is -0.480 e. The zero-order valence-electron chi connectivity index (χ0n) is 21.8. The van der Waals surface area contributed by atoms with E-state index in [0.717, 1.165) is 18.4 Å². The quantitative estimate of drug-likeness (QED) is 0.318. The summed E-state index contributed by atoms with van der Waals surface area (Å²) >= 11 is 12.3. The predicted octanol–water partition coefficient (Wildman–Crippen LogP) is 6.04. The van der Waals surface area contributed by atoms with Crippen molar-refractivity contribution in [1.29, 1.82) is 0 Å². The van der Waals surface area contributed by atoms with E-state index in [1.54, 1.807) is 48.5 Å². The summed E-state index contributed by atoms with van der Waals surface area (Å²) < 4.78 is 45.3. The van der Waals surface area contributed by atoms with Crippen LogP contribution in [0.4, 0.5) is 4.39 Å². The van der Waals surface area contributed by atoms with Crippen molar-refractivity contribution in [2.75, 3.05) is 6.26 Å². The minimum absolute atomic E-state index is 0.177. The van der Waals surface area contributed by atoms with E-state index in [0.29, 0.717) is 27.6 Å². The van der Waals surface area contributed by atoms with Gasteiger partial charge >= 0.3 is 5.97 Å². The fourth-order valence-electron chi connectivity index (χ4n) is 5.05. The van der Waals surface area contributed by atoms with Crippen LogP contribution < -0.4 is 0 Å². The number of carboxylic acid groups (broad SMARTS) is 1. The number of hydrogen-bond acceptors (Lipinski definition) is 5. The molecule has 40 heavy (non-hydrogen) atoms. The van der Waals surface area contributed by atoms with E-state index in [4.69, 9.17) is 27.9 Å². The first-order valence-electron chi connectivity index (χ1n) is 12.6. The third-order valence-electron chi connectivity index (χ3n) is 6.85. The highest BCUT2D eigenvalue weighted by Gasteiger charge is 2.48. The molecule has 1 heterocycles. The highest BCUT2D eigenvalue weighted by Crippen LogP contribution is 2.44. The van der Waals surface area contributed by atoms with Crippen LogP contribution >= 0.6 is 23.2 Å². The van der Waals surface area contributed by atoms with Crippen molar-refractivity contribution >= 4 is 44.9 Å². The molecule has 11 heteroatoms. The van der Waals surface area contributed by atoms with Crippen LogP contribution in [0.1, 0.15) is 48.6 Å². The maximum atomic E-state index is 14.1. The number of rotatable bonds is 9. The first-order valence-corrected chi connectivity index (χ1v) is 15.2. The molecule has 1 N–H and O–H groups in total. The van der Waals surface area contributed by atoms with E-state index < -0.39 is 51.8 Å². The summed E-state index contributed by atoms with van der Waals surface area (Å²) in [4.78, 5) is 27.7. The molecular weight excluding hydrogens is 580 g/mol. The molecule has 4 atom stereocenters. The lowest BCUT2D eigenvalue weighted by Crippen LogP contribution is -2.57. The maximum absolute atomic E-state index is 14.1. The standard InChI is InChI=1S/C29H28Cl2FNO6S/c1-3-4-23(29(35)36)33-26(17-5-10-20(30)11-6-17)27(18-7-12-21(31)13-8-18)39-24(28(33)34)15-19-9-14-22(32)16-25(19)40(2,37)38/h5-14,16,23-24,26-27H,3-4,15H2,1-2H3,(H,35,36)/t23?,24-,26+,27-/m0/s1. The Balaban J connectivity index is 1.89. The molecule has 1 aliphatic heterocycles. The van der Waals surface area contributed by atoms with Crippen LogP contribution in [0.15, 0.2) is 71.6 Å². The van der Waals surface area contributed by atoms with Gasteiger partial charge in [-0.3, -0.25) is 4.79 Å². The van der Waals surface area contributed by atoms with Crippen molar-refractivity contribution in [3.63, 3.8) is 0 Å². The number of morpholine rings is 1. The van der Waals surface area contributed by atoms with Gasteiger partial charge in [-0.25, -0.2) is 17.6 Å². The number of carbonyl (C=O) groups excluding carboxylic acids is 1. The van der Waals surface area contributed by atoms with Gasteiger partial charge in [0.2, 0.25) is 0 Å². The Morgan fingerprint density at radius 3 is 2.12 bits per heavy atom. The van der Waals surface area contributed by atoms with Crippen LogP contribution in [-0.2, 0) is 30.6 Å². The summed E-state index contributed by atoms with van der Waals surface area (Å²) in [7, 11) is -3.85. The number of carboxylic acids is 1. The van der Waals surface area contributed by atoms with Crippen molar-refractivity contribution in [3.05, 3.63) is 99.3 Å². The van der Waals surface area contributed by atoms with Gasteiger partial charge < -0.3 is 14.7 Å². The van der Waals surface area contributed by atoms with Crippen LogP contribution in [-0.4, -0.2) is 48.7 Å². The van der Waals surface area contributed by atoms with E-state index in [-0.39, 0.29) is 23.3 Å². The molecule has 0 radical (unpaired) electrons. The van der Waals surface area contributed by atoms with Gasteiger partial charge in [0, 0.05) is 22.7 Å². The van der Waals surface area contributed by atoms with Crippen LogP contribution in [0.2, 0.25) is 10.0 Å². The van der Waals surface area contributed by atoms with Crippen LogP contribution in [0.5, 0.6) is 0 Å². The van der Waals surface area contributed by atoms with E-state index >= 15 is 0 Å². The Bertz CT molecular complexity index is 1500. The van der Waals surface area contributed by atoms with Crippen LogP contribution in [0.3, 0.4) is 0 Å². The molecule has 0 aromatic heterocycles. The molecule has 212 valence electrons. The summed E-state index contributed by atoms with van der Waals surface area (Å²) in [6, 6.07) is 14.8. The molecule has 0 saturated carbocycles. The molecule has 1 amide bonds. The third-order valence-corrected chi connectivity index (χ3v) is 8.54. The molecule has 4 rings (SSSR count). The number of hydrogen-bond donors (Lipinski definition) is 1. The van der Waals surface area contributed by atoms with Gasteiger partial charge in [0.05, 0.1) is 10.9 Å². The number of halogens is 3. The Kier molecular flexibility index (Phi) is 9.19. The van der Waals surface area contributed by atoms with E-state index in [1.165, 1.54) is 11.0 Å². The Labute approximate surface area is 242 Å². The van der Waals surface area contributed by atoms with Crippen molar-refractivity contribution in [2.45, 2.75) is 55.4 Å². The van der Waals surface area contributed by atoms with Gasteiger partial charge in [-0.05, 0) is 59.5 Å². The fraction of sp³-hybridized carbons (Fsp3) is 0.310. The second-order valence-electron chi connectivity index (χ2n) is 9.71. The number of aliphatic carboxylic acids is 1. The number of carbonyl (C=O) groups is 2. The summed E-state index contributed by atoms with van der Waals surface area (Å²) in [5.74, 6) is -2.53. The van der Waals surface area contributed by atoms with Gasteiger partial charge in [0.15, 0.2) is 9.84 Å². The highest BCUT2D eigenvalue weighted by molar-refractivity contribution is 7.90. The molecule has 3 aromatic carbocycles. The lowest BCUT2D eigenvalue weighted by atomic mass is 9.88. The van der Waals surface area contributed by atoms with Crippen molar-refractivity contribution in [1.82, 2.24) is 4.90 Å². The molecule has 0 bridgehead atoms. The topological polar surface area (TPSA) is 101 Å². The van der Waals surface area contributed by atoms with Crippen LogP contribution in [0, 0.1) is 5.82 Å². The van der Waals surface area contributed by atoms with Crippen molar-refractivity contribution in [2.24, 2.45) is 0 Å². The van der Waals surface area contributed by atoms with Gasteiger partial charge in [0.1, 0.15) is 24.1 Å². The minimum atomic E-state index is -3.85. The molecule has 3 aromatic rings. The molecule has 0 spiro atoms. The number of nitrogens with zero attached hydrogens (tertiary/aromatic N) is 1. The van der Waals surface area contributed by atoms with Crippen molar-refractivity contribution < 1.29 is 32.2 Å². The molecular formula is C29H28Cl2FNO6S. The molecule has 7 nitrogen and oxygen atoms in total. The highest BCUT2D eigenvalue weighted by atomic mass is 35.5. The second-order valence-corrected chi connectivity index (χ2v) is 12.6.